The Bertz CT molecular complexity index is 104. The van der Waals surface area contributed by atoms with E-state index in [0.717, 1.165) is 6.42 Å². The highest BCUT2D eigenvalue weighted by molar-refractivity contribution is 7.80. The molecule has 0 aliphatic rings. The van der Waals surface area contributed by atoms with Crippen LogP contribution in [0.4, 0.5) is 0 Å². The minimum atomic E-state index is -0.132. The summed E-state index contributed by atoms with van der Waals surface area (Å²) in [4.78, 5) is 10.9. The molecule has 0 saturated heterocycles. The molecule has 0 rings (SSSR count). The third-order valence-corrected chi connectivity index (χ3v) is 1.48. The first-order valence-corrected chi connectivity index (χ1v) is 4.04. The monoisotopic (exact) mass is 161 g/mol. The largest absolute Gasteiger partial charge is 0.466 e. The summed E-state index contributed by atoms with van der Waals surface area (Å²) in [5.41, 5.74) is 0. The number of ether oxygens (including phenoxy) is 1. The fourth-order valence-electron chi connectivity index (χ4n) is 0.579. The van der Waals surface area contributed by atoms with Crippen LogP contribution in [0.25, 0.3) is 0 Å². The topological polar surface area (TPSA) is 26.3 Å². The quantitative estimate of drug-likeness (QED) is 0.587. The Morgan fingerprint density at radius 2 is 2.30 bits per heavy atom. The molecule has 0 spiro atoms. The Kier molecular flexibility index (Phi) is 5.49. The molecule has 0 aromatic rings. The van der Waals surface area contributed by atoms with E-state index in [1.54, 1.807) is 6.92 Å². The van der Waals surface area contributed by atoms with Gasteiger partial charge < -0.3 is 4.74 Å². The number of rotatable bonds is 4. The van der Waals surface area contributed by atoms with Crippen LogP contribution in [0.15, 0.2) is 0 Å². The smallest absolute Gasteiger partial charge is 0.308 e. The highest BCUT2D eigenvalue weighted by Gasteiger charge is 2.11. The van der Waals surface area contributed by atoms with Gasteiger partial charge in [0.15, 0.2) is 0 Å². The molecule has 3 heteroatoms. The van der Waals surface area contributed by atoms with Crippen LogP contribution in [-0.4, -0.2) is 18.3 Å². The molecule has 2 nitrogen and oxygen atoms in total. The zero-order valence-corrected chi connectivity index (χ0v) is 7.24. The van der Waals surface area contributed by atoms with Crippen LogP contribution in [0.3, 0.4) is 0 Å². The lowest BCUT2D eigenvalue weighted by molar-refractivity contribution is -0.147. The minimum absolute atomic E-state index is 0.0301. The van der Waals surface area contributed by atoms with E-state index in [9.17, 15) is 4.79 Å². The molecule has 59 valence electrons. The van der Waals surface area contributed by atoms with Gasteiger partial charge in [-0.25, -0.2) is 0 Å². The van der Waals surface area contributed by atoms with Crippen LogP contribution in [0, 0.1) is 5.92 Å². The second kappa shape index (κ2) is 5.59. The van der Waals surface area contributed by atoms with E-state index in [2.05, 4.69) is 0 Å². The number of hydrogen-bond acceptors (Lipinski definition) is 2. The van der Waals surface area contributed by atoms with Crippen LogP contribution in [0.2, 0.25) is 0 Å². The average molecular weight is 161 g/mol. The van der Waals surface area contributed by atoms with Gasteiger partial charge in [-0.2, -0.15) is 0 Å². The van der Waals surface area contributed by atoms with Crippen molar-refractivity contribution in [2.45, 2.75) is 20.3 Å². The van der Waals surface area contributed by atoms with Gasteiger partial charge >= 0.3 is 5.97 Å². The average Bonchev–Trinajstić information content (AvgIpc) is 1.89. The molecular formula is C7H13O2S. The van der Waals surface area contributed by atoms with Gasteiger partial charge in [-0.3, -0.25) is 4.79 Å². The third-order valence-electron chi connectivity index (χ3n) is 1.24. The predicted molar refractivity (Wildman–Crippen MR) is 42.9 cm³/mol. The van der Waals surface area contributed by atoms with E-state index < -0.39 is 0 Å². The molecule has 0 bridgehead atoms. The van der Waals surface area contributed by atoms with Crippen molar-refractivity contribution in [1.29, 1.82) is 0 Å². The molecule has 0 amide bonds. The summed E-state index contributed by atoms with van der Waals surface area (Å²) in [6.07, 6.45) is 0.744. The molecule has 0 aliphatic carbocycles. The Morgan fingerprint density at radius 3 is 2.70 bits per heavy atom. The van der Waals surface area contributed by atoms with Gasteiger partial charge in [0.25, 0.3) is 0 Å². The van der Waals surface area contributed by atoms with Crippen molar-refractivity contribution in [2.24, 2.45) is 5.92 Å². The van der Waals surface area contributed by atoms with Gasteiger partial charge in [0, 0.05) is 5.75 Å². The maximum Gasteiger partial charge on any atom is 0.308 e. The third kappa shape index (κ3) is 3.77. The summed E-state index contributed by atoms with van der Waals surface area (Å²) < 4.78 is 4.77. The number of esters is 1. The normalized spacial score (nSPS) is 12.7. The van der Waals surface area contributed by atoms with Crippen LogP contribution >= 0.6 is 12.6 Å². The number of carbonyl (C=O) groups is 1. The van der Waals surface area contributed by atoms with Crippen LogP contribution in [0.1, 0.15) is 20.3 Å². The first kappa shape index (κ1) is 9.82. The predicted octanol–water partition coefficient (Wildman–Crippen LogP) is 1.77. The zero-order valence-electron chi connectivity index (χ0n) is 6.42. The minimum Gasteiger partial charge on any atom is -0.466 e. The summed E-state index contributed by atoms with van der Waals surface area (Å²) in [6.45, 7) is 4.10. The molecule has 1 radical (unpaired) electrons. The van der Waals surface area contributed by atoms with Crippen molar-refractivity contribution in [3.8, 4) is 0 Å². The molecule has 10 heavy (non-hydrogen) atoms. The van der Waals surface area contributed by atoms with E-state index in [4.69, 9.17) is 17.4 Å². The molecule has 0 N–H and O–H groups in total. The molecule has 0 aromatic heterocycles. The van der Waals surface area contributed by atoms with Gasteiger partial charge in [-0.15, -0.1) is 0 Å². The van der Waals surface area contributed by atoms with E-state index in [0.29, 0.717) is 12.4 Å². The van der Waals surface area contributed by atoms with Crippen molar-refractivity contribution in [3.63, 3.8) is 0 Å². The maximum atomic E-state index is 10.9. The van der Waals surface area contributed by atoms with Crippen molar-refractivity contribution in [3.05, 3.63) is 0 Å². The lowest BCUT2D eigenvalue weighted by Gasteiger charge is -2.07. The molecule has 0 saturated carbocycles. The molecule has 1 atom stereocenters. The Morgan fingerprint density at radius 1 is 1.70 bits per heavy atom. The van der Waals surface area contributed by atoms with Crippen molar-refractivity contribution in [1.82, 2.24) is 0 Å². The highest BCUT2D eigenvalue weighted by atomic mass is 32.1. The van der Waals surface area contributed by atoms with Crippen LogP contribution in [-0.2, 0) is 9.53 Å². The molecular weight excluding hydrogens is 148 g/mol. The Balaban J connectivity index is 3.49. The fraction of sp³-hybridized carbons (Fsp3) is 0.857. The van der Waals surface area contributed by atoms with Gasteiger partial charge in [-0.1, -0.05) is 19.6 Å². The van der Waals surface area contributed by atoms with Crippen molar-refractivity contribution >= 4 is 18.6 Å². The number of hydrogen-bond donors (Lipinski definition) is 0. The summed E-state index contributed by atoms with van der Waals surface area (Å²) >= 11 is 4.72. The zero-order chi connectivity index (χ0) is 7.98. The van der Waals surface area contributed by atoms with Gasteiger partial charge in [0.1, 0.15) is 0 Å². The van der Waals surface area contributed by atoms with E-state index in [1.165, 1.54) is 0 Å². The van der Waals surface area contributed by atoms with Crippen LogP contribution < -0.4 is 0 Å². The van der Waals surface area contributed by atoms with Gasteiger partial charge in [0.2, 0.25) is 0 Å². The van der Waals surface area contributed by atoms with E-state index in [-0.39, 0.29) is 11.9 Å². The summed E-state index contributed by atoms with van der Waals surface area (Å²) in [6, 6.07) is 0. The summed E-state index contributed by atoms with van der Waals surface area (Å²) in [5.74, 6) is 0.463. The highest BCUT2D eigenvalue weighted by Crippen LogP contribution is 2.04. The lowest BCUT2D eigenvalue weighted by atomic mass is 10.1. The Labute approximate surface area is 67.4 Å². The van der Waals surface area contributed by atoms with E-state index >= 15 is 0 Å². The maximum absolute atomic E-state index is 10.9. The number of carbonyl (C=O) groups excluding carboxylic acids is 1. The molecule has 1 unspecified atom stereocenters. The second-order valence-corrected chi connectivity index (χ2v) is 2.55. The first-order chi connectivity index (χ1) is 4.72. The second-order valence-electron chi connectivity index (χ2n) is 2.15. The molecule has 0 heterocycles. The molecule has 0 aliphatic heterocycles. The standard InChI is InChI=1S/C7H13O2S/c1-3-9-7(8)6(2)4-5-10/h6H,3-5H2,1-2H3. The first-order valence-electron chi connectivity index (χ1n) is 3.47. The summed E-state index contributed by atoms with van der Waals surface area (Å²) in [7, 11) is 0. The van der Waals surface area contributed by atoms with Crippen molar-refractivity contribution < 1.29 is 9.53 Å². The Hall–Kier alpha value is -0.180. The lowest BCUT2D eigenvalue weighted by Crippen LogP contribution is -2.14. The van der Waals surface area contributed by atoms with Crippen molar-refractivity contribution in [2.75, 3.05) is 12.4 Å². The fourth-order valence-corrected chi connectivity index (χ4v) is 0.933. The van der Waals surface area contributed by atoms with E-state index in [1.807, 2.05) is 6.92 Å². The molecule has 0 aromatic carbocycles. The van der Waals surface area contributed by atoms with Gasteiger partial charge in [-0.05, 0) is 13.3 Å². The SMILES string of the molecule is CCOC(=O)C(C)CC[S]. The van der Waals surface area contributed by atoms with Gasteiger partial charge in [0.05, 0.1) is 12.5 Å². The molecule has 0 fully saturated rings. The summed E-state index contributed by atoms with van der Waals surface area (Å²) in [5, 5.41) is 0. The van der Waals surface area contributed by atoms with Crippen LogP contribution in [0.5, 0.6) is 0 Å².